The van der Waals surface area contributed by atoms with Crippen molar-refractivity contribution >= 4 is 28.8 Å². The summed E-state index contributed by atoms with van der Waals surface area (Å²) in [6, 6.07) is 13.0. The maximum Gasteiger partial charge on any atom is 0.171 e. The van der Waals surface area contributed by atoms with E-state index in [1.807, 2.05) is 36.4 Å². The van der Waals surface area contributed by atoms with Crippen LogP contribution in [-0.4, -0.2) is 14.6 Å². The van der Waals surface area contributed by atoms with Gasteiger partial charge in [0.2, 0.25) is 0 Å². The predicted molar refractivity (Wildman–Crippen MR) is 68.4 cm³/mol. The lowest BCUT2D eigenvalue weighted by Gasteiger charge is -2.03. The van der Waals surface area contributed by atoms with Gasteiger partial charge in [0.1, 0.15) is 5.15 Å². The Morgan fingerprint density at radius 2 is 1.71 bits per heavy atom. The first-order chi connectivity index (χ1) is 8.27. The molecule has 17 heavy (non-hydrogen) atoms. The van der Waals surface area contributed by atoms with Crippen LogP contribution in [0.1, 0.15) is 0 Å². The average molecular weight is 264 g/mol. The monoisotopic (exact) mass is 263 g/mol. The zero-order valence-corrected chi connectivity index (χ0v) is 10.2. The van der Waals surface area contributed by atoms with Crippen LogP contribution >= 0.6 is 23.2 Å². The van der Waals surface area contributed by atoms with E-state index in [1.165, 1.54) is 0 Å². The Hall–Kier alpha value is -1.58. The van der Waals surface area contributed by atoms with E-state index in [0.29, 0.717) is 21.6 Å². The number of hydrogen-bond acceptors (Lipinski definition) is 2. The maximum absolute atomic E-state index is 6.15. The topological polar surface area (TPSA) is 30.2 Å². The third kappa shape index (κ3) is 1.68. The summed E-state index contributed by atoms with van der Waals surface area (Å²) in [5, 5.41) is 9.38. The van der Waals surface area contributed by atoms with Crippen LogP contribution in [0.3, 0.4) is 0 Å². The van der Waals surface area contributed by atoms with Gasteiger partial charge in [-0.15, -0.1) is 10.2 Å². The fraction of sp³-hybridized carbons (Fsp3) is 0. The fourth-order valence-electron chi connectivity index (χ4n) is 1.72. The Balaban J connectivity index is 2.36. The van der Waals surface area contributed by atoms with E-state index in [-0.39, 0.29) is 0 Å². The molecule has 0 saturated heterocycles. The lowest BCUT2D eigenvalue weighted by molar-refractivity contribution is 1.11. The maximum atomic E-state index is 6.15. The average Bonchev–Trinajstić information content (AvgIpc) is 2.75. The van der Waals surface area contributed by atoms with Crippen molar-refractivity contribution in [3.05, 3.63) is 52.6 Å². The van der Waals surface area contributed by atoms with Crippen molar-refractivity contribution in [1.82, 2.24) is 14.6 Å². The van der Waals surface area contributed by atoms with Gasteiger partial charge in [-0.05, 0) is 24.3 Å². The highest BCUT2D eigenvalue weighted by Gasteiger charge is 2.12. The van der Waals surface area contributed by atoms with E-state index in [2.05, 4.69) is 10.2 Å². The Morgan fingerprint density at radius 3 is 2.53 bits per heavy atom. The van der Waals surface area contributed by atoms with E-state index in [1.54, 1.807) is 10.5 Å². The minimum atomic E-state index is 0.558. The molecular weight excluding hydrogens is 257 g/mol. The fourth-order valence-corrected chi connectivity index (χ4v) is 2.18. The molecule has 0 bridgehead atoms. The molecule has 0 N–H and O–H groups in total. The van der Waals surface area contributed by atoms with Crippen LogP contribution in [0, 0.1) is 0 Å². The van der Waals surface area contributed by atoms with Crippen LogP contribution in [-0.2, 0) is 0 Å². The summed E-state index contributed by atoms with van der Waals surface area (Å²) in [6.45, 7) is 0. The molecule has 1 aromatic carbocycles. The molecule has 0 spiro atoms. The molecule has 0 aliphatic rings. The highest BCUT2D eigenvalue weighted by molar-refractivity contribution is 6.33. The largest absolute Gasteiger partial charge is 0.265 e. The Bertz CT molecular complexity index is 691. The number of fused-ring (bicyclic) bond motifs is 1. The predicted octanol–water partition coefficient (Wildman–Crippen LogP) is 3.70. The molecule has 3 nitrogen and oxygen atoms in total. The molecule has 0 fully saturated rings. The van der Waals surface area contributed by atoms with Gasteiger partial charge in [0.05, 0.1) is 5.02 Å². The second kappa shape index (κ2) is 4.02. The third-order valence-electron chi connectivity index (χ3n) is 2.50. The third-order valence-corrected chi connectivity index (χ3v) is 3.12. The summed E-state index contributed by atoms with van der Waals surface area (Å²) in [5.41, 5.74) is 1.52. The smallest absolute Gasteiger partial charge is 0.171 e. The van der Waals surface area contributed by atoms with Crippen LogP contribution in [0.4, 0.5) is 0 Å². The van der Waals surface area contributed by atoms with Gasteiger partial charge in [-0.25, -0.2) is 0 Å². The first-order valence-corrected chi connectivity index (χ1v) is 5.77. The Labute approximate surface area is 108 Å². The lowest BCUT2D eigenvalue weighted by Crippen LogP contribution is -1.91. The molecule has 0 amide bonds. The highest BCUT2D eigenvalue weighted by atomic mass is 35.5. The minimum absolute atomic E-state index is 0.558. The van der Waals surface area contributed by atoms with Gasteiger partial charge in [-0.3, -0.25) is 4.40 Å². The van der Waals surface area contributed by atoms with Crippen LogP contribution in [0.25, 0.3) is 17.0 Å². The number of aromatic nitrogens is 3. The van der Waals surface area contributed by atoms with Crippen LogP contribution in [0.15, 0.2) is 42.5 Å². The van der Waals surface area contributed by atoms with Gasteiger partial charge in [0.25, 0.3) is 0 Å². The van der Waals surface area contributed by atoms with Crippen LogP contribution in [0.5, 0.6) is 0 Å². The van der Waals surface area contributed by atoms with Gasteiger partial charge in [-0.1, -0.05) is 41.4 Å². The number of nitrogens with zero attached hydrogens (tertiary/aromatic N) is 3. The molecule has 0 saturated carbocycles. The molecule has 2 heterocycles. The Kier molecular flexibility index (Phi) is 2.50. The summed E-state index contributed by atoms with van der Waals surface area (Å²) in [4.78, 5) is 0. The van der Waals surface area contributed by atoms with Crippen molar-refractivity contribution in [1.29, 1.82) is 0 Å². The molecule has 84 valence electrons. The van der Waals surface area contributed by atoms with E-state index in [0.717, 1.165) is 5.56 Å². The number of pyridine rings is 1. The number of benzene rings is 1. The molecule has 0 aliphatic carbocycles. The number of rotatable bonds is 1. The standard InChI is InChI=1S/C12H7Cl2N3/c13-9-5-2-1-4-8(9)12-16-15-11-7-3-6-10(14)17(11)12/h1-7H. The summed E-state index contributed by atoms with van der Waals surface area (Å²) >= 11 is 12.3. The Morgan fingerprint density at radius 1 is 0.882 bits per heavy atom. The highest BCUT2D eigenvalue weighted by Crippen LogP contribution is 2.28. The van der Waals surface area contributed by atoms with Crippen LogP contribution in [0.2, 0.25) is 10.2 Å². The zero-order chi connectivity index (χ0) is 11.8. The van der Waals surface area contributed by atoms with Crippen molar-refractivity contribution in [2.75, 3.05) is 0 Å². The molecule has 3 aromatic rings. The first-order valence-electron chi connectivity index (χ1n) is 5.02. The van der Waals surface area contributed by atoms with Crippen molar-refractivity contribution in [3.8, 4) is 11.4 Å². The number of halogens is 2. The van der Waals surface area contributed by atoms with E-state index in [4.69, 9.17) is 23.2 Å². The van der Waals surface area contributed by atoms with Gasteiger partial charge < -0.3 is 0 Å². The normalized spacial score (nSPS) is 10.9. The summed E-state index contributed by atoms with van der Waals surface area (Å²) < 4.78 is 1.77. The molecule has 5 heteroatoms. The van der Waals surface area contributed by atoms with Gasteiger partial charge in [0, 0.05) is 5.56 Å². The summed E-state index contributed by atoms with van der Waals surface area (Å²) in [6.07, 6.45) is 0. The first kappa shape index (κ1) is 10.6. The molecule has 2 aromatic heterocycles. The van der Waals surface area contributed by atoms with Gasteiger partial charge in [0.15, 0.2) is 11.5 Å². The second-order valence-corrected chi connectivity index (χ2v) is 4.34. The molecule has 0 radical (unpaired) electrons. The van der Waals surface area contributed by atoms with E-state index < -0.39 is 0 Å². The molecule has 0 aliphatic heterocycles. The quantitative estimate of drug-likeness (QED) is 0.627. The van der Waals surface area contributed by atoms with Crippen molar-refractivity contribution in [2.45, 2.75) is 0 Å². The van der Waals surface area contributed by atoms with Crippen molar-refractivity contribution < 1.29 is 0 Å². The molecule has 0 atom stereocenters. The van der Waals surface area contributed by atoms with Crippen LogP contribution < -0.4 is 0 Å². The van der Waals surface area contributed by atoms with E-state index >= 15 is 0 Å². The lowest BCUT2D eigenvalue weighted by atomic mass is 10.2. The van der Waals surface area contributed by atoms with Gasteiger partial charge >= 0.3 is 0 Å². The SMILES string of the molecule is Clc1ccccc1-c1nnc2cccc(Cl)n12. The number of hydrogen-bond donors (Lipinski definition) is 0. The second-order valence-electron chi connectivity index (χ2n) is 3.55. The molecule has 3 rings (SSSR count). The summed E-state index contributed by atoms with van der Waals surface area (Å²) in [7, 11) is 0. The molecular formula is C12H7Cl2N3. The zero-order valence-electron chi connectivity index (χ0n) is 8.64. The van der Waals surface area contributed by atoms with Gasteiger partial charge in [-0.2, -0.15) is 0 Å². The van der Waals surface area contributed by atoms with E-state index in [9.17, 15) is 0 Å². The minimum Gasteiger partial charge on any atom is -0.265 e. The summed E-state index contributed by atoms with van der Waals surface area (Å²) in [5.74, 6) is 0.649. The molecule has 0 unspecified atom stereocenters. The van der Waals surface area contributed by atoms with Crippen molar-refractivity contribution in [2.24, 2.45) is 0 Å². The van der Waals surface area contributed by atoms with Crippen molar-refractivity contribution in [3.63, 3.8) is 0 Å².